The summed E-state index contributed by atoms with van der Waals surface area (Å²) in [5.41, 5.74) is 1.77. The zero-order chi connectivity index (χ0) is 17.6. The number of carbonyl (C=O) groups excluding carboxylic acids is 1. The molecule has 0 aliphatic carbocycles. The van der Waals surface area contributed by atoms with Crippen LogP contribution in [0.1, 0.15) is 30.0 Å². The Morgan fingerprint density at radius 1 is 1.16 bits per heavy atom. The first kappa shape index (κ1) is 17.4. The molecule has 2 aromatic carbocycles. The first-order valence-electron chi connectivity index (χ1n) is 8.64. The van der Waals surface area contributed by atoms with Crippen LogP contribution < -0.4 is 5.32 Å². The molecule has 25 heavy (non-hydrogen) atoms. The standard InChI is InChI=1S/C20H23FN2O2/c21-18-10-8-17(9-11-18)19(16-6-2-1-3-7-16)22-20(25)23-12-4-5-15(13-23)14-24/h1-3,6-11,15,19,24H,4-5,12-14H2,(H,22,25). The molecular weight excluding hydrogens is 319 g/mol. The Bertz CT molecular complexity index is 691. The lowest BCUT2D eigenvalue weighted by atomic mass is 9.98. The molecule has 2 atom stereocenters. The molecule has 5 heteroatoms. The Hall–Kier alpha value is -2.40. The van der Waals surface area contributed by atoms with Gasteiger partial charge in [-0.3, -0.25) is 0 Å². The summed E-state index contributed by atoms with van der Waals surface area (Å²) in [6.07, 6.45) is 1.84. The van der Waals surface area contributed by atoms with Gasteiger partial charge in [0.05, 0.1) is 6.04 Å². The summed E-state index contributed by atoms with van der Waals surface area (Å²) in [7, 11) is 0. The minimum absolute atomic E-state index is 0.101. The summed E-state index contributed by atoms with van der Waals surface area (Å²) >= 11 is 0. The van der Waals surface area contributed by atoms with Gasteiger partial charge in [0, 0.05) is 19.7 Å². The van der Waals surface area contributed by atoms with E-state index >= 15 is 0 Å². The van der Waals surface area contributed by atoms with Crippen molar-refractivity contribution >= 4 is 6.03 Å². The zero-order valence-electron chi connectivity index (χ0n) is 14.1. The van der Waals surface area contributed by atoms with Gasteiger partial charge in [0.25, 0.3) is 0 Å². The Labute approximate surface area is 147 Å². The van der Waals surface area contributed by atoms with E-state index in [4.69, 9.17) is 0 Å². The maximum Gasteiger partial charge on any atom is 0.318 e. The predicted molar refractivity (Wildman–Crippen MR) is 94.6 cm³/mol. The smallest absolute Gasteiger partial charge is 0.318 e. The van der Waals surface area contributed by atoms with Crippen LogP contribution in [0.15, 0.2) is 54.6 Å². The number of urea groups is 1. The van der Waals surface area contributed by atoms with Gasteiger partial charge in [-0.2, -0.15) is 0 Å². The minimum atomic E-state index is -0.344. The van der Waals surface area contributed by atoms with Crippen molar-refractivity contribution in [3.63, 3.8) is 0 Å². The highest BCUT2D eigenvalue weighted by atomic mass is 19.1. The van der Waals surface area contributed by atoms with Crippen molar-refractivity contribution < 1.29 is 14.3 Å². The van der Waals surface area contributed by atoms with E-state index in [-0.39, 0.29) is 30.4 Å². The highest BCUT2D eigenvalue weighted by Gasteiger charge is 2.25. The molecule has 1 saturated heterocycles. The first-order chi connectivity index (χ1) is 12.2. The number of likely N-dealkylation sites (tertiary alicyclic amines) is 1. The van der Waals surface area contributed by atoms with Gasteiger partial charge < -0.3 is 15.3 Å². The maximum atomic E-state index is 13.3. The van der Waals surface area contributed by atoms with Gasteiger partial charge in [0.1, 0.15) is 5.82 Å². The molecule has 1 fully saturated rings. The lowest BCUT2D eigenvalue weighted by molar-refractivity contribution is 0.128. The van der Waals surface area contributed by atoms with Crippen LogP contribution in [-0.2, 0) is 0 Å². The Morgan fingerprint density at radius 2 is 1.84 bits per heavy atom. The van der Waals surface area contributed by atoms with E-state index < -0.39 is 0 Å². The highest BCUT2D eigenvalue weighted by Crippen LogP contribution is 2.23. The van der Waals surface area contributed by atoms with Gasteiger partial charge in [0.2, 0.25) is 0 Å². The second kappa shape index (κ2) is 8.12. The summed E-state index contributed by atoms with van der Waals surface area (Å²) < 4.78 is 13.3. The Kier molecular flexibility index (Phi) is 5.66. The molecule has 3 rings (SSSR count). The van der Waals surface area contributed by atoms with Crippen molar-refractivity contribution in [3.8, 4) is 0 Å². The van der Waals surface area contributed by atoms with Crippen molar-refractivity contribution in [2.45, 2.75) is 18.9 Å². The molecule has 4 nitrogen and oxygen atoms in total. The number of hydrogen-bond acceptors (Lipinski definition) is 2. The summed E-state index contributed by atoms with van der Waals surface area (Å²) in [5.74, 6) is -0.163. The number of nitrogens with one attached hydrogen (secondary N) is 1. The van der Waals surface area contributed by atoms with Crippen LogP contribution in [0.3, 0.4) is 0 Å². The molecule has 0 spiro atoms. The highest BCUT2D eigenvalue weighted by molar-refractivity contribution is 5.75. The molecule has 132 valence electrons. The zero-order valence-corrected chi connectivity index (χ0v) is 14.1. The van der Waals surface area contributed by atoms with Gasteiger partial charge in [-0.15, -0.1) is 0 Å². The van der Waals surface area contributed by atoms with E-state index in [2.05, 4.69) is 5.32 Å². The van der Waals surface area contributed by atoms with Crippen LogP contribution in [0.4, 0.5) is 9.18 Å². The molecule has 2 N–H and O–H groups in total. The number of amides is 2. The van der Waals surface area contributed by atoms with Gasteiger partial charge in [-0.1, -0.05) is 42.5 Å². The monoisotopic (exact) mass is 342 g/mol. The number of rotatable bonds is 4. The molecule has 2 aromatic rings. The molecule has 1 aliphatic heterocycles. The molecule has 2 amide bonds. The summed E-state index contributed by atoms with van der Waals surface area (Å²) in [4.78, 5) is 14.5. The number of benzene rings is 2. The van der Waals surface area contributed by atoms with E-state index in [1.807, 2.05) is 30.3 Å². The van der Waals surface area contributed by atoms with Crippen molar-refractivity contribution in [1.29, 1.82) is 0 Å². The van der Waals surface area contributed by atoms with Crippen LogP contribution in [0, 0.1) is 11.7 Å². The number of hydrogen-bond donors (Lipinski definition) is 2. The number of piperidine rings is 1. The van der Waals surface area contributed by atoms with Crippen molar-refractivity contribution in [2.75, 3.05) is 19.7 Å². The average Bonchev–Trinajstić information content (AvgIpc) is 2.67. The third kappa shape index (κ3) is 4.37. The third-order valence-electron chi connectivity index (χ3n) is 4.67. The topological polar surface area (TPSA) is 52.6 Å². The van der Waals surface area contributed by atoms with E-state index in [0.717, 1.165) is 24.0 Å². The predicted octanol–water partition coefficient (Wildman–Crippen LogP) is 3.33. The van der Waals surface area contributed by atoms with Gasteiger partial charge in [0.15, 0.2) is 0 Å². The van der Waals surface area contributed by atoms with E-state index in [0.29, 0.717) is 13.1 Å². The fourth-order valence-corrected chi connectivity index (χ4v) is 3.27. The summed E-state index contributed by atoms with van der Waals surface area (Å²) in [6.45, 7) is 1.35. The molecule has 0 saturated carbocycles. The van der Waals surface area contributed by atoms with Gasteiger partial charge in [-0.05, 0) is 42.0 Å². The lowest BCUT2D eigenvalue weighted by Gasteiger charge is -2.33. The average molecular weight is 342 g/mol. The number of aliphatic hydroxyl groups excluding tert-OH is 1. The molecule has 0 aromatic heterocycles. The first-order valence-corrected chi connectivity index (χ1v) is 8.64. The number of nitrogens with zero attached hydrogens (tertiary/aromatic N) is 1. The molecule has 1 heterocycles. The normalized spacial score (nSPS) is 18.6. The van der Waals surface area contributed by atoms with E-state index in [1.165, 1.54) is 12.1 Å². The molecular formula is C20H23FN2O2. The van der Waals surface area contributed by atoms with Crippen molar-refractivity contribution in [3.05, 3.63) is 71.5 Å². The SMILES string of the molecule is O=C(NC(c1ccccc1)c1ccc(F)cc1)N1CCCC(CO)C1. The lowest BCUT2D eigenvalue weighted by Crippen LogP contribution is -2.47. The van der Waals surface area contributed by atoms with E-state index in [1.54, 1.807) is 17.0 Å². The molecule has 1 aliphatic rings. The van der Waals surface area contributed by atoms with Crippen LogP contribution in [-0.4, -0.2) is 35.7 Å². The number of halogens is 1. The summed E-state index contributed by atoms with van der Waals surface area (Å²) in [5, 5.41) is 12.4. The number of carbonyl (C=O) groups is 1. The second-order valence-corrected chi connectivity index (χ2v) is 6.48. The second-order valence-electron chi connectivity index (χ2n) is 6.48. The Balaban J connectivity index is 1.80. The fraction of sp³-hybridized carbons (Fsp3) is 0.350. The van der Waals surface area contributed by atoms with Crippen molar-refractivity contribution in [1.82, 2.24) is 10.2 Å². The molecule has 0 radical (unpaired) electrons. The number of aliphatic hydroxyl groups is 1. The summed E-state index contributed by atoms with van der Waals surface area (Å²) in [6, 6.07) is 15.3. The molecule has 2 unspecified atom stereocenters. The van der Waals surface area contributed by atoms with Crippen LogP contribution in [0.5, 0.6) is 0 Å². The maximum absolute atomic E-state index is 13.3. The van der Waals surface area contributed by atoms with Gasteiger partial charge >= 0.3 is 6.03 Å². The van der Waals surface area contributed by atoms with Gasteiger partial charge in [-0.25, -0.2) is 9.18 Å². The third-order valence-corrected chi connectivity index (χ3v) is 4.67. The fourth-order valence-electron chi connectivity index (χ4n) is 3.27. The van der Waals surface area contributed by atoms with E-state index in [9.17, 15) is 14.3 Å². The Morgan fingerprint density at radius 3 is 2.52 bits per heavy atom. The molecule has 0 bridgehead atoms. The van der Waals surface area contributed by atoms with Crippen LogP contribution >= 0.6 is 0 Å². The quantitative estimate of drug-likeness (QED) is 0.895. The van der Waals surface area contributed by atoms with Crippen LogP contribution in [0.2, 0.25) is 0 Å². The van der Waals surface area contributed by atoms with Crippen molar-refractivity contribution in [2.24, 2.45) is 5.92 Å². The largest absolute Gasteiger partial charge is 0.396 e. The minimum Gasteiger partial charge on any atom is -0.396 e. The van der Waals surface area contributed by atoms with Crippen LogP contribution in [0.25, 0.3) is 0 Å².